The van der Waals surface area contributed by atoms with Crippen LogP contribution in [0.3, 0.4) is 0 Å². The van der Waals surface area contributed by atoms with Crippen LogP contribution in [0.2, 0.25) is 0 Å². The second-order valence-corrected chi connectivity index (χ2v) is 12.3. The van der Waals surface area contributed by atoms with Crippen molar-refractivity contribution in [2.24, 2.45) is 0 Å². The number of methoxy groups -OCH3 is 1. The van der Waals surface area contributed by atoms with E-state index in [0.29, 0.717) is 22.8 Å². The summed E-state index contributed by atoms with van der Waals surface area (Å²) >= 11 is 0. The number of carboxylic acid groups (broad SMARTS) is 1. The van der Waals surface area contributed by atoms with Crippen molar-refractivity contribution in [1.82, 2.24) is 20.0 Å². The van der Waals surface area contributed by atoms with Crippen molar-refractivity contribution in [2.75, 3.05) is 19.0 Å². The lowest BCUT2D eigenvalue weighted by molar-refractivity contribution is -0.139. The highest BCUT2D eigenvalue weighted by Crippen LogP contribution is 2.35. The van der Waals surface area contributed by atoms with E-state index in [4.69, 9.17) is 9.26 Å². The van der Waals surface area contributed by atoms with Gasteiger partial charge in [0.1, 0.15) is 18.0 Å². The predicted molar refractivity (Wildman–Crippen MR) is 192 cm³/mol. The predicted octanol–water partition coefficient (Wildman–Crippen LogP) is 7.71. The number of alkyl halides is 3. The van der Waals surface area contributed by atoms with Crippen molar-refractivity contribution in [1.29, 1.82) is 0 Å². The third-order valence-corrected chi connectivity index (χ3v) is 8.38. The van der Waals surface area contributed by atoms with Crippen LogP contribution >= 0.6 is 0 Å². The number of ether oxygens (including phenoxy) is 1. The summed E-state index contributed by atoms with van der Waals surface area (Å²) in [6.07, 6.45) is -4.12. The molecule has 0 aliphatic carbocycles. The summed E-state index contributed by atoms with van der Waals surface area (Å²) in [5.41, 5.74) is 4.11. The lowest BCUT2D eigenvalue weighted by atomic mass is 10.0. The summed E-state index contributed by atoms with van der Waals surface area (Å²) in [6.45, 7) is 1.34. The molecule has 2 heterocycles. The topological polar surface area (TPSA) is 148 Å². The van der Waals surface area contributed by atoms with Gasteiger partial charge in [-0.25, -0.2) is 4.98 Å². The molecule has 0 spiro atoms. The summed E-state index contributed by atoms with van der Waals surface area (Å²) in [7, 11) is 1.24. The van der Waals surface area contributed by atoms with Gasteiger partial charge >= 0.3 is 12.1 Å². The molecule has 54 heavy (non-hydrogen) atoms. The molecule has 6 rings (SSSR count). The molecule has 0 aliphatic heterocycles. The van der Waals surface area contributed by atoms with Crippen LogP contribution in [0.4, 0.5) is 18.9 Å². The number of hydrogen-bond acceptors (Lipinski definition) is 8. The zero-order valence-corrected chi connectivity index (χ0v) is 28.9. The molecule has 6 aromatic rings. The third kappa shape index (κ3) is 8.96. The maximum absolute atomic E-state index is 13.6. The van der Waals surface area contributed by atoms with Crippen LogP contribution in [0.1, 0.15) is 32.7 Å². The van der Waals surface area contributed by atoms with Gasteiger partial charge in [-0.1, -0.05) is 77.5 Å². The second-order valence-electron chi connectivity index (χ2n) is 12.3. The largest absolute Gasteiger partial charge is 0.497 e. The van der Waals surface area contributed by atoms with Crippen molar-refractivity contribution < 1.29 is 41.9 Å². The van der Waals surface area contributed by atoms with Crippen LogP contribution in [-0.4, -0.2) is 56.6 Å². The highest BCUT2D eigenvalue weighted by atomic mass is 19.4. The average molecular weight is 736 g/mol. The van der Waals surface area contributed by atoms with Crippen molar-refractivity contribution in [3.8, 4) is 39.7 Å². The minimum Gasteiger partial charge on any atom is -0.497 e. The van der Waals surface area contributed by atoms with E-state index in [1.807, 2.05) is 31.2 Å². The molecular formula is C40H32F3N5O6. The number of hydrogen-bond donors (Lipinski definition) is 2. The maximum atomic E-state index is 13.6. The quantitative estimate of drug-likeness (QED) is 0.129. The fourth-order valence-corrected chi connectivity index (χ4v) is 5.59. The van der Waals surface area contributed by atoms with Crippen LogP contribution in [-0.2, 0) is 28.7 Å². The Morgan fingerprint density at radius 1 is 0.852 bits per heavy atom. The number of aryl methyl sites for hydroxylation is 1. The number of carboxylic acids is 1. The zero-order valence-electron chi connectivity index (χ0n) is 28.9. The van der Waals surface area contributed by atoms with Gasteiger partial charge in [0.25, 0.3) is 11.8 Å². The molecule has 0 bridgehead atoms. The molecule has 0 fully saturated rings. The third-order valence-electron chi connectivity index (χ3n) is 8.38. The Bertz CT molecular complexity index is 2270. The first-order valence-electron chi connectivity index (χ1n) is 16.5. The van der Waals surface area contributed by atoms with Crippen LogP contribution in [0.15, 0.2) is 114 Å². The van der Waals surface area contributed by atoms with Gasteiger partial charge in [0.15, 0.2) is 0 Å². The van der Waals surface area contributed by atoms with E-state index in [0.717, 1.165) is 33.9 Å². The molecule has 0 unspecified atom stereocenters. The maximum Gasteiger partial charge on any atom is 0.416 e. The van der Waals surface area contributed by atoms with E-state index in [-0.39, 0.29) is 29.2 Å². The van der Waals surface area contributed by atoms with Crippen molar-refractivity contribution in [3.63, 3.8) is 0 Å². The molecule has 0 saturated heterocycles. The molecular weight excluding hydrogens is 703 g/mol. The number of carbonyl (C=O) groups is 3. The molecule has 4 aromatic carbocycles. The standard InChI is InChI=1S/C40H32F3N5O6/c1-24-3-7-26(8-4-24)27-11-13-29(14-12-27)38-46-37(47-54-38)28-9-5-25(6-10-28)22-48(23-36(50)51)39(52)34-18-16-31(21-44-34)45-35(49)19-30-15-17-32(53-2)20-33(30)40(41,42)43/h3-18,20-21H,19,22-23H2,1-2H3,(H,45,49)(H,50,51). The van der Waals surface area contributed by atoms with E-state index in [1.54, 1.807) is 24.3 Å². The Labute approximate surface area is 307 Å². The number of amides is 2. The van der Waals surface area contributed by atoms with Crippen LogP contribution < -0.4 is 10.1 Å². The van der Waals surface area contributed by atoms with Crippen molar-refractivity contribution in [3.05, 3.63) is 137 Å². The Hall–Kier alpha value is -6.83. The van der Waals surface area contributed by atoms with Gasteiger partial charge in [-0.05, 0) is 65.6 Å². The molecule has 14 heteroatoms. The summed E-state index contributed by atoms with van der Waals surface area (Å²) < 4.78 is 51.1. The number of rotatable bonds is 12. The lowest BCUT2D eigenvalue weighted by Crippen LogP contribution is -2.35. The van der Waals surface area contributed by atoms with Gasteiger partial charge in [-0.2, -0.15) is 18.2 Å². The number of anilines is 1. The first-order chi connectivity index (χ1) is 25.9. The van der Waals surface area contributed by atoms with Gasteiger partial charge in [-0.15, -0.1) is 0 Å². The van der Waals surface area contributed by atoms with Gasteiger partial charge in [-0.3, -0.25) is 14.4 Å². The van der Waals surface area contributed by atoms with Crippen molar-refractivity contribution in [2.45, 2.75) is 26.1 Å². The van der Waals surface area contributed by atoms with E-state index in [2.05, 4.69) is 44.7 Å². The summed E-state index contributed by atoms with van der Waals surface area (Å²) in [5, 5.41) is 16.1. The zero-order chi connectivity index (χ0) is 38.4. The van der Waals surface area contributed by atoms with Gasteiger partial charge in [0.2, 0.25) is 11.7 Å². The number of pyridine rings is 1. The molecule has 0 saturated carbocycles. The molecule has 2 N–H and O–H groups in total. The van der Waals surface area contributed by atoms with Gasteiger partial charge in [0, 0.05) is 17.7 Å². The summed E-state index contributed by atoms with van der Waals surface area (Å²) in [6, 6.07) is 28.8. The number of aromatic nitrogens is 3. The molecule has 11 nitrogen and oxygen atoms in total. The number of halogens is 3. The van der Waals surface area contributed by atoms with E-state index < -0.39 is 42.5 Å². The van der Waals surface area contributed by atoms with Gasteiger partial charge in [0.05, 0.1) is 31.0 Å². The Balaban J connectivity index is 1.09. The molecule has 2 amide bonds. The fourth-order valence-electron chi connectivity index (χ4n) is 5.59. The number of aliphatic carboxylic acids is 1. The second kappa shape index (κ2) is 15.8. The Morgan fingerprint density at radius 2 is 1.50 bits per heavy atom. The Morgan fingerprint density at radius 3 is 2.11 bits per heavy atom. The van der Waals surface area contributed by atoms with E-state index in [1.165, 1.54) is 36.9 Å². The number of nitrogens with one attached hydrogen (secondary N) is 1. The number of carbonyl (C=O) groups excluding carboxylic acids is 2. The van der Waals surface area contributed by atoms with E-state index in [9.17, 15) is 32.7 Å². The minimum absolute atomic E-state index is 0.000325. The summed E-state index contributed by atoms with van der Waals surface area (Å²) in [5.74, 6) is -1.99. The smallest absolute Gasteiger partial charge is 0.416 e. The first kappa shape index (κ1) is 36.9. The lowest BCUT2D eigenvalue weighted by Gasteiger charge is -2.20. The SMILES string of the molecule is COc1ccc(CC(=O)Nc2ccc(C(=O)N(CC(=O)O)Cc3ccc(-c4noc(-c5ccc(-c6ccc(C)cc6)cc5)n4)cc3)nc2)c(C(F)(F)F)c1. The number of nitrogens with zero attached hydrogens (tertiary/aromatic N) is 4. The highest BCUT2D eigenvalue weighted by Gasteiger charge is 2.34. The fraction of sp³-hybridized carbons (Fsp3) is 0.150. The monoisotopic (exact) mass is 735 g/mol. The minimum atomic E-state index is -4.70. The van der Waals surface area contributed by atoms with Crippen LogP contribution in [0.25, 0.3) is 34.0 Å². The van der Waals surface area contributed by atoms with E-state index >= 15 is 0 Å². The highest BCUT2D eigenvalue weighted by molar-refractivity contribution is 5.95. The van der Waals surface area contributed by atoms with Crippen molar-refractivity contribution >= 4 is 23.5 Å². The molecule has 0 aliphatic rings. The van der Waals surface area contributed by atoms with Gasteiger partial charge < -0.3 is 24.6 Å². The normalized spacial score (nSPS) is 11.2. The molecule has 0 atom stereocenters. The molecule has 2 aromatic heterocycles. The molecule has 274 valence electrons. The average Bonchev–Trinajstić information content (AvgIpc) is 3.65. The van der Waals surface area contributed by atoms with Crippen LogP contribution in [0.5, 0.6) is 5.75 Å². The molecule has 0 radical (unpaired) electrons. The first-order valence-corrected chi connectivity index (χ1v) is 16.5. The Kier molecular flexibility index (Phi) is 10.8. The summed E-state index contributed by atoms with van der Waals surface area (Å²) in [4.78, 5) is 47.3. The van der Waals surface area contributed by atoms with Crippen LogP contribution in [0, 0.1) is 6.92 Å². The number of benzene rings is 4.